The van der Waals surface area contributed by atoms with Crippen molar-refractivity contribution in [1.82, 2.24) is 10.2 Å². The van der Waals surface area contributed by atoms with Gasteiger partial charge in [0.25, 0.3) is 0 Å². The highest BCUT2D eigenvalue weighted by molar-refractivity contribution is 9.10. The van der Waals surface area contributed by atoms with Gasteiger partial charge < -0.3 is 5.32 Å². The third kappa shape index (κ3) is 3.51. The Morgan fingerprint density at radius 1 is 1.53 bits per heavy atom. The predicted octanol–water partition coefficient (Wildman–Crippen LogP) is 2.44. The maximum Gasteiger partial charge on any atom is 0.217 e. The number of carbonyl (C=O) groups is 1. The molecular formula is C13H15BrF2N2O. The van der Waals surface area contributed by atoms with E-state index in [9.17, 15) is 13.6 Å². The second kappa shape index (κ2) is 5.96. The molecule has 1 heterocycles. The number of hydrogen-bond acceptors (Lipinski definition) is 2. The third-order valence-corrected chi connectivity index (χ3v) is 3.81. The summed E-state index contributed by atoms with van der Waals surface area (Å²) in [5.41, 5.74) is 0.0675. The summed E-state index contributed by atoms with van der Waals surface area (Å²) in [5, 5.41) is 2.82. The Labute approximate surface area is 119 Å². The van der Waals surface area contributed by atoms with Gasteiger partial charge in [-0.1, -0.05) is 0 Å². The Bertz CT molecular complexity index is 496. The fourth-order valence-electron chi connectivity index (χ4n) is 2.32. The van der Waals surface area contributed by atoms with Crippen molar-refractivity contribution in [3.63, 3.8) is 0 Å². The number of rotatable bonds is 3. The number of halogens is 3. The summed E-state index contributed by atoms with van der Waals surface area (Å²) >= 11 is 3.06. The Hall–Kier alpha value is -1.01. The van der Waals surface area contributed by atoms with E-state index in [-0.39, 0.29) is 28.5 Å². The maximum atomic E-state index is 13.8. The van der Waals surface area contributed by atoms with Gasteiger partial charge in [0.2, 0.25) is 5.91 Å². The zero-order valence-corrected chi connectivity index (χ0v) is 12.1. The highest BCUT2D eigenvalue weighted by Crippen LogP contribution is 2.24. The lowest BCUT2D eigenvalue weighted by Crippen LogP contribution is -2.35. The van der Waals surface area contributed by atoms with Gasteiger partial charge in [0.1, 0.15) is 11.6 Å². The van der Waals surface area contributed by atoms with E-state index in [1.54, 1.807) is 0 Å². The number of hydrogen-bond donors (Lipinski definition) is 1. The van der Waals surface area contributed by atoms with Gasteiger partial charge in [-0.2, -0.15) is 0 Å². The fraction of sp³-hybridized carbons (Fsp3) is 0.462. The van der Waals surface area contributed by atoms with Crippen LogP contribution in [0, 0.1) is 11.6 Å². The molecule has 1 N–H and O–H groups in total. The molecule has 1 amide bonds. The van der Waals surface area contributed by atoms with E-state index in [0.717, 1.165) is 13.0 Å². The summed E-state index contributed by atoms with van der Waals surface area (Å²) in [6.07, 6.45) is 0.802. The first-order chi connectivity index (χ1) is 8.97. The summed E-state index contributed by atoms with van der Waals surface area (Å²) in [6.45, 7) is 3.02. The molecule has 0 bridgehead atoms. The van der Waals surface area contributed by atoms with E-state index in [0.29, 0.717) is 6.54 Å². The van der Waals surface area contributed by atoms with Crippen molar-refractivity contribution in [3.8, 4) is 0 Å². The van der Waals surface area contributed by atoms with E-state index >= 15 is 0 Å². The van der Waals surface area contributed by atoms with Gasteiger partial charge in [0, 0.05) is 38.2 Å². The minimum atomic E-state index is -0.553. The predicted molar refractivity (Wildman–Crippen MR) is 71.6 cm³/mol. The van der Waals surface area contributed by atoms with Gasteiger partial charge in [0.15, 0.2) is 0 Å². The van der Waals surface area contributed by atoms with Crippen LogP contribution in [-0.2, 0) is 11.3 Å². The van der Waals surface area contributed by atoms with Crippen LogP contribution >= 0.6 is 15.9 Å². The van der Waals surface area contributed by atoms with Crippen LogP contribution in [0.1, 0.15) is 18.9 Å². The Balaban J connectivity index is 2.03. The maximum absolute atomic E-state index is 13.8. The first-order valence-corrected chi connectivity index (χ1v) is 6.88. The molecule has 0 radical (unpaired) electrons. The summed E-state index contributed by atoms with van der Waals surface area (Å²) in [5.74, 6) is -1.17. The van der Waals surface area contributed by atoms with Crippen molar-refractivity contribution in [2.75, 3.05) is 13.1 Å². The van der Waals surface area contributed by atoms with Crippen LogP contribution in [0.4, 0.5) is 8.78 Å². The summed E-state index contributed by atoms with van der Waals surface area (Å²) in [7, 11) is 0. The van der Waals surface area contributed by atoms with Crippen LogP contribution in [0.15, 0.2) is 16.6 Å². The molecule has 2 rings (SSSR count). The van der Waals surface area contributed by atoms with Gasteiger partial charge in [0.05, 0.1) is 4.47 Å². The van der Waals surface area contributed by atoms with E-state index in [1.807, 2.05) is 4.90 Å². The van der Waals surface area contributed by atoms with Crippen LogP contribution < -0.4 is 5.32 Å². The molecule has 6 heteroatoms. The van der Waals surface area contributed by atoms with Crippen molar-refractivity contribution >= 4 is 21.8 Å². The molecule has 1 aliphatic rings. The van der Waals surface area contributed by atoms with Gasteiger partial charge in [-0.15, -0.1) is 0 Å². The van der Waals surface area contributed by atoms with Gasteiger partial charge in [-0.25, -0.2) is 8.78 Å². The first kappa shape index (κ1) is 14.4. The molecule has 1 unspecified atom stereocenters. The van der Waals surface area contributed by atoms with Crippen LogP contribution in [0.5, 0.6) is 0 Å². The largest absolute Gasteiger partial charge is 0.352 e. The Kier molecular flexibility index (Phi) is 4.52. The lowest BCUT2D eigenvalue weighted by molar-refractivity contribution is -0.119. The van der Waals surface area contributed by atoms with Gasteiger partial charge >= 0.3 is 0 Å². The molecule has 1 fully saturated rings. The summed E-state index contributed by atoms with van der Waals surface area (Å²) in [4.78, 5) is 12.9. The topological polar surface area (TPSA) is 32.3 Å². The molecule has 1 aliphatic heterocycles. The molecule has 1 saturated heterocycles. The molecule has 1 atom stereocenters. The van der Waals surface area contributed by atoms with Crippen molar-refractivity contribution in [1.29, 1.82) is 0 Å². The minimum absolute atomic E-state index is 0.0655. The standard InChI is InChI=1S/C13H15BrF2N2O/c1-8(19)17-9-4-5-18(6-9)7-10-12(15)3-2-11(14)13(10)16/h2-3,9H,4-7H2,1H3,(H,17,19). The van der Waals surface area contributed by atoms with E-state index in [4.69, 9.17) is 0 Å². The van der Waals surface area contributed by atoms with Crippen LogP contribution in [0.3, 0.4) is 0 Å². The van der Waals surface area contributed by atoms with Gasteiger partial charge in [-0.3, -0.25) is 9.69 Å². The highest BCUT2D eigenvalue weighted by Gasteiger charge is 2.25. The molecular weight excluding hydrogens is 318 g/mol. The molecule has 104 valence electrons. The van der Waals surface area contributed by atoms with Crippen molar-refractivity contribution in [3.05, 3.63) is 33.8 Å². The lowest BCUT2D eigenvalue weighted by atomic mass is 10.2. The molecule has 0 saturated carbocycles. The number of likely N-dealkylation sites (tertiary alicyclic amines) is 1. The molecule has 0 aromatic heterocycles. The fourth-order valence-corrected chi connectivity index (χ4v) is 2.69. The van der Waals surface area contributed by atoms with E-state index in [2.05, 4.69) is 21.2 Å². The monoisotopic (exact) mass is 332 g/mol. The average molecular weight is 333 g/mol. The molecule has 1 aromatic carbocycles. The SMILES string of the molecule is CC(=O)NC1CCN(Cc2c(F)ccc(Br)c2F)C1. The number of amides is 1. The van der Waals surface area contributed by atoms with Gasteiger partial charge in [-0.05, 0) is 34.5 Å². The van der Waals surface area contributed by atoms with Crippen LogP contribution in [0.25, 0.3) is 0 Å². The summed E-state index contributed by atoms with van der Waals surface area (Å²) in [6, 6.07) is 2.68. The third-order valence-electron chi connectivity index (χ3n) is 3.20. The minimum Gasteiger partial charge on any atom is -0.352 e. The molecule has 0 spiro atoms. The number of nitrogens with one attached hydrogen (secondary N) is 1. The van der Waals surface area contributed by atoms with Crippen LogP contribution in [-0.4, -0.2) is 29.9 Å². The lowest BCUT2D eigenvalue weighted by Gasteiger charge is -2.17. The second-order valence-electron chi connectivity index (χ2n) is 4.74. The quantitative estimate of drug-likeness (QED) is 0.862. The normalized spacial score (nSPS) is 19.7. The number of carbonyl (C=O) groups excluding carboxylic acids is 1. The Morgan fingerprint density at radius 3 is 2.95 bits per heavy atom. The molecule has 0 aliphatic carbocycles. The zero-order valence-electron chi connectivity index (χ0n) is 10.5. The van der Waals surface area contributed by atoms with Crippen molar-refractivity contribution in [2.24, 2.45) is 0 Å². The smallest absolute Gasteiger partial charge is 0.217 e. The average Bonchev–Trinajstić information content (AvgIpc) is 2.76. The second-order valence-corrected chi connectivity index (χ2v) is 5.60. The van der Waals surface area contributed by atoms with E-state index in [1.165, 1.54) is 19.1 Å². The van der Waals surface area contributed by atoms with Crippen molar-refractivity contribution in [2.45, 2.75) is 25.9 Å². The molecule has 19 heavy (non-hydrogen) atoms. The first-order valence-electron chi connectivity index (χ1n) is 6.09. The van der Waals surface area contributed by atoms with E-state index < -0.39 is 11.6 Å². The van der Waals surface area contributed by atoms with Crippen molar-refractivity contribution < 1.29 is 13.6 Å². The highest BCUT2D eigenvalue weighted by atomic mass is 79.9. The Morgan fingerprint density at radius 2 is 2.26 bits per heavy atom. The molecule has 1 aromatic rings. The number of benzene rings is 1. The summed E-state index contributed by atoms with van der Waals surface area (Å²) < 4.78 is 27.7. The zero-order chi connectivity index (χ0) is 14.0. The molecule has 3 nitrogen and oxygen atoms in total. The number of nitrogens with zero attached hydrogens (tertiary/aromatic N) is 1. The van der Waals surface area contributed by atoms with Crippen LogP contribution in [0.2, 0.25) is 0 Å².